The molecule has 0 fully saturated rings. The molecule has 8 nitrogen and oxygen atoms in total. The Hall–Kier alpha value is -0.190. The normalized spacial score (nSPS) is 13.9. The second-order valence-electron chi connectivity index (χ2n) is 7.35. The summed E-state index contributed by atoms with van der Waals surface area (Å²) >= 11 is 0. The van der Waals surface area contributed by atoms with Gasteiger partial charge >= 0.3 is 41.5 Å². The van der Waals surface area contributed by atoms with E-state index < -0.39 is 33.7 Å². The molecule has 0 aliphatic heterocycles. The molecule has 0 aliphatic rings. The van der Waals surface area contributed by atoms with Gasteiger partial charge in [0.2, 0.25) is 0 Å². The summed E-state index contributed by atoms with van der Waals surface area (Å²) < 4.78 is 42.8. The summed E-state index contributed by atoms with van der Waals surface area (Å²) in [5, 5.41) is -1.95. The Morgan fingerprint density at radius 2 is 1.30 bits per heavy atom. The standard InChI is InChI=1S/C20H38O7S.H3N.Na.H/c1-5-9-11-16(7-3)14-26-19(21)13-18(28(23,24)25)20(22)27-15-17(8-4)12-10-6-2;;;/h16-18H,5-15H2,1-4H3,(H,23,24,25);1H3;;. The van der Waals surface area contributed by atoms with Gasteiger partial charge in [0, 0.05) is 0 Å². The fraction of sp³-hybridized carbons (Fsp3) is 0.900. The molecular weight excluding hydrogens is 421 g/mol. The number of esters is 2. The van der Waals surface area contributed by atoms with Gasteiger partial charge in [0.25, 0.3) is 10.1 Å². The summed E-state index contributed by atoms with van der Waals surface area (Å²) in [4.78, 5) is 24.2. The van der Waals surface area contributed by atoms with Gasteiger partial charge in [-0.1, -0.05) is 66.2 Å². The van der Waals surface area contributed by atoms with Crippen LogP contribution in [0.4, 0.5) is 0 Å². The van der Waals surface area contributed by atoms with Crippen LogP contribution < -0.4 is 6.15 Å². The van der Waals surface area contributed by atoms with Crippen molar-refractivity contribution in [3.8, 4) is 0 Å². The van der Waals surface area contributed by atoms with Crippen LogP contribution in [-0.4, -0.2) is 72.9 Å². The number of ether oxygens (including phenoxy) is 2. The first-order valence-electron chi connectivity index (χ1n) is 10.5. The molecule has 0 heterocycles. The molecule has 0 amide bonds. The minimum absolute atomic E-state index is 0. The van der Waals surface area contributed by atoms with E-state index in [1.165, 1.54) is 0 Å². The van der Waals surface area contributed by atoms with Crippen molar-refractivity contribution in [2.24, 2.45) is 11.8 Å². The number of hydrogen-bond donors (Lipinski definition) is 2. The van der Waals surface area contributed by atoms with E-state index in [2.05, 4.69) is 13.8 Å². The Morgan fingerprint density at radius 3 is 1.67 bits per heavy atom. The van der Waals surface area contributed by atoms with Crippen LogP contribution in [0.2, 0.25) is 0 Å². The molecule has 176 valence electrons. The molecule has 0 saturated heterocycles. The molecule has 3 unspecified atom stereocenters. The van der Waals surface area contributed by atoms with E-state index in [-0.39, 0.29) is 60.8 Å². The van der Waals surface area contributed by atoms with Crippen LogP contribution in [-0.2, 0) is 29.2 Å². The molecule has 0 radical (unpaired) electrons. The van der Waals surface area contributed by atoms with Crippen molar-refractivity contribution in [2.75, 3.05) is 13.2 Å². The van der Waals surface area contributed by atoms with Crippen molar-refractivity contribution >= 4 is 51.6 Å². The predicted octanol–water partition coefficient (Wildman–Crippen LogP) is 3.67. The molecular formula is C20H42NNaO7S. The second-order valence-corrected chi connectivity index (χ2v) is 8.95. The molecule has 0 aliphatic carbocycles. The summed E-state index contributed by atoms with van der Waals surface area (Å²) in [6.07, 6.45) is 6.74. The first-order valence-corrected chi connectivity index (χ1v) is 12.0. The van der Waals surface area contributed by atoms with Gasteiger partial charge in [-0.3, -0.25) is 14.1 Å². The topological polar surface area (TPSA) is 142 Å². The zero-order valence-corrected chi connectivity index (χ0v) is 19.3. The van der Waals surface area contributed by atoms with Gasteiger partial charge in [-0.25, -0.2) is 0 Å². The van der Waals surface area contributed by atoms with Gasteiger partial charge in [0.05, 0.1) is 19.6 Å². The quantitative estimate of drug-likeness (QED) is 0.201. The van der Waals surface area contributed by atoms with Gasteiger partial charge in [0.15, 0.2) is 5.25 Å². The van der Waals surface area contributed by atoms with Crippen LogP contribution >= 0.6 is 0 Å². The Morgan fingerprint density at radius 1 is 0.867 bits per heavy atom. The Kier molecular flexibility index (Phi) is 22.4. The van der Waals surface area contributed by atoms with E-state index in [0.717, 1.165) is 51.4 Å². The van der Waals surface area contributed by atoms with E-state index in [9.17, 15) is 22.6 Å². The van der Waals surface area contributed by atoms with Crippen molar-refractivity contribution in [3.05, 3.63) is 0 Å². The van der Waals surface area contributed by atoms with Crippen LogP contribution in [0.25, 0.3) is 0 Å². The Bertz CT molecular complexity index is 557. The van der Waals surface area contributed by atoms with Crippen molar-refractivity contribution in [1.82, 2.24) is 6.15 Å². The summed E-state index contributed by atoms with van der Waals surface area (Å²) in [5.41, 5.74) is 0. The third-order valence-electron chi connectivity index (χ3n) is 5.00. The Labute approximate surface area is 204 Å². The number of unbranched alkanes of at least 4 members (excludes halogenated alkanes) is 2. The Balaban J connectivity index is -0.00000364. The van der Waals surface area contributed by atoms with Crippen molar-refractivity contribution in [2.45, 2.75) is 90.7 Å². The summed E-state index contributed by atoms with van der Waals surface area (Å²) in [6.45, 7) is 8.35. The maximum atomic E-state index is 12.2. The molecule has 0 rings (SSSR count). The van der Waals surface area contributed by atoms with E-state index in [0.29, 0.717) is 0 Å². The van der Waals surface area contributed by atoms with E-state index >= 15 is 0 Å². The van der Waals surface area contributed by atoms with Crippen molar-refractivity contribution < 1.29 is 32.0 Å². The average Bonchev–Trinajstić information content (AvgIpc) is 2.65. The molecule has 30 heavy (non-hydrogen) atoms. The first-order chi connectivity index (χ1) is 13.2. The molecule has 0 aromatic carbocycles. The first kappa shape index (κ1) is 34.4. The summed E-state index contributed by atoms with van der Waals surface area (Å²) in [5.74, 6) is -1.61. The predicted molar refractivity (Wildman–Crippen MR) is 121 cm³/mol. The van der Waals surface area contributed by atoms with Crippen LogP contribution in [0.3, 0.4) is 0 Å². The van der Waals surface area contributed by atoms with Crippen molar-refractivity contribution in [3.63, 3.8) is 0 Å². The van der Waals surface area contributed by atoms with Gasteiger partial charge in [0.1, 0.15) is 0 Å². The maximum absolute atomic E-state index is 12.2. The summed E-state index contributed by atoms with van der Waals surface area (Å²) in [6, 6.07) is 0. The number of carbonyl (C=O) groups excluding carboxylic acids is 2. The summed E-state index contributed by atoms with van der Waals surface area (Å²) in [7, 11) is -4.76. The van der Waals surface area contributed by atoms with Gasteiger partial charge in [-0.15, -0.1) is 0 Å². The monoisotopic (exact) mass is 463 g/mol. The molecule has 10 heteroatoms. The zero-order chi connectivity index (χ0) is 21.6. The van der Waals surface area contributed by atoms with Crippen LogP contribution in [0, 0.1) is 11.8 Å². The van der Waals surface area contributed by atoms with Crippen LogP contribution in [0.5, 0.6) is 0 Å². The fourth-order valence-corrected chi connectivity index (χ4v) is 3.48. The molecule has 3 atom stereocenters. The molecule has 0 spiro atoms. The molecule has 0 saturated carbocycles. The SMILES string of the molecule is CCCCC(CC)COC(=O)CC(C(=O)OCC(CC)CCCC)S(=O)(=O)O.N.[NaH]. The number of carbonyl (C=O) groups is 2. The fourth-order valence-electron chi connectivity index (χ4n) is 2.82. The third kappa shape index (κ3) is 15.6. The average molecular weight is 464 g/mol. The molecule has 0 bridgehead atoms. The molecule has 0 aromatic rings. The van der Waals surface area contributed by atoms with Gasteiger partial charge < -0.3 is 15.6 Å². The van der Waals surface area contributed by atoms with E-state index in [1.54, 1.807) is 0 Å². The van der Waals surface area contributed by atoms with Crippen LogP contribution in [0.15, 0.2) is 0 Å². The molecule has 0 aromatic heterocycles. The second kappa shape index (κ2) is 19.5. The van der Waals surface area contributed by atoms with Gasteiger partial charge in [-0.05, 0) is 24.7 Å². The number of hydrogen-bond acceptors (Lipinski definition) is 7. The van der Waals surface area contributed by atoms with Gasteiger partial charge in [-0.2, -0.15) is 8.42 Å². The third-order valence-corrected chi connectivity index (χ3v) is 6.08. The van der Waals surface area contributed by atoms with Crippen LogP contribution in [0.1, 0.15) is 85.5 Å². The number of rotatable bonds is 16. The van der Waals surface area contributed by atoms with Crippen molar-refractivity contribution in [1.29, 1.82) is 0 Å². The van der Waals surface area contributed by atoms with E-state index in [1.807, 2.05) is 13.8 Å². The molecule has 4 N–H and O–H groups in total. The zero-order valence-electron chi connectivity index (χ0n) is 18.5. The minimum atomic E-state index is -4.76. The van der Waals surface area contributed by atoms with E-state index in [4.69, 9.17) is 9.47 Å².